The smallest absolute Gasteiger partial charge is 0.155 e. The van der Waals surface area contributed by atoms with Crippen molar-refractivity contribution in [2.24, 2.45) is 28.6 Å². The fourth-order valence-corrected chi connectivity index (χ4v) is 6.69. The summed E-state index contributed by atoms with van der Waals surface area (Å²) in [5.41, 5.74) is 0.697. The van der Waals surface area contributed by atoms with E-state index < -0.39 is 12.2 Å². The zero-order valence-electron chi connectivity index (χ0n) is 13.9. The minimum atomic E-state index is -0.436. The van der Waals surface area contributed by atoms with Gasteiger partial charge in [-0.05, 0) is 61.3 Å². The Morgan fingerprint density at radius 2 is 2.00 bits per heavy atom. The molecule has 0 bridgehead atoms. The molecular weight excluding hydrogens is 292 g/mol. The maximum atomic E-state index is 11.8. The van der Waals surface area contributed by atoms with Crippen molar-refractivity contribution in [2.75, 3.05) is 6.61 Å². The number of hydrogen-bond acceptors (Lipinski definition) is 4. The van der Waals surface area contributed by atoms with Gasteiger partial charge in [0.1, 0.15) is 0 Å². The summed E-state index contributed by atoms with van der Waals surface area (Å²) in [7, 11) is 0. The average molecular weight is 320 g/mol. The molecule has 3 fully saturated rings. The summed E-state index contributed by atoms with van der Waals surface area (Å²) in [6.07, 6.45) is 6.40. The van der Waals surface area contributed by atoms with Gasteiger partial charge in [0, 0.05) is 18.3 Å². The first-order valence-electron chi connectivity index (χ1n) is 9.13. The summed E-state index contributed by atoms with van der Waals surface area (Å²) < 4.78 is 0. The molecule has 4 heteroatoms. The van der Waals surface area contributed by atoms with Gasteiger partial charge in [-0.15, -0.1) is 0 Å². The summed E-state index contributed by atoms with van der Waals surface area (Å²) in [5.74, 6) is 0.996. The zero-order valence-corrected chi connectivity index (χ0v) is 13.9. The third-order valence-electron chi connectivity index (χ3n) is 7.91. The van der Waals surface area contributed by atoms with Crippen LogP contribution in [-0.2, 0) is 4.79 Å². The lowest BCUT2D eigenvalue weighted by atomic mass is 9.47. The predicted molar refractivity (Wildman–Crippen MR) is 85.5 cm³/mol. The number of carbonyl (C=O) groups is 1. The highest BCUT2D eigenvalue weighted by Gasteiger charge is 2.62. The first-order chi connectivity index (χ1) is 10.9. The standard InChI is InChI=1S/C19H28O4/c1-18-6-5-14-13(17(18)15(22)9-16(18)23)3-2-11-8-12(21)4-7-19(11,14)10-20/h8,13-17,20,22-23H,2-7,9-10H2,1H3/t13-,14+,15-,16+,17-,18-,19-/m1/s1. The van der Waals surface area contributed by atoms with E-state index in [1.54, 1.807) is 6.08 Å². The molecule has 0 spiro atoms. The van der Waals surface area contributed by atoms with Crippen molar-refractivity contribution in [3.63, 3.8) is 0 Å². The predicted octanol–water partition coefficient (Wildman–Crippen LogP) is 1.82. The average Bonchev–Trinajstić information content (AvgIpc) is 2.76. The van der Waals surface area contributed by atoms with E-state index in [0.717, 1.165) is 37.7 Å². The number of fused-ring (bicyclic) bond motifs is 5. The third kappa shape index (κ3) is 1.98. The molecular formula is C19H28O4. The lowest BCUT2D eigenvalue weighted by molar-refractivity contribution is -0.123. The molecule has 0 radical (unpaired) electrons. The molecule has 0 saturated heterocycles. The van der Waals surface area contributed by atoms with Gasteiger partial charge in [0.25, 0.3) is 0 Å². The van der Waals surface area contributed by atoms with Crippen molar-refractivity contribution in [3.8, 4) is 0 Å². The van der Waals surface area contributed by atoms with Crippen LogP contribution in [0.15, 0.2) is 11.6 Å². The van der Waals surface area contributed by atoms with Crippen molar-refractivity contribution >= 4 is 5.78 Å². The maximum Gasteiger partial charge on any atom is 0.155 e. The van der Waals surface area contributed by atoms with Crippen LogP contribution in [0.3, 0.4) is 0 Å². The minimum absolute atomic E-state index is 0.107. The molecule has 4 rings (SSSR count). The number of aliphatic hydroxyl groups excluding tert-OH is 3. The van der Waals surface area contributed by atoms with E-state index in [1.165, 1.54) is 0 Å². The minimum Gasteiger partial charge on any atom is -0.395 e. The SMILES string of the molecule is C[C@]12CC[C@H]3[C@@H](CCC4=CC(=O)CC[C@@]43CO)[C@@H]1[C@H](O)C[C@@H]2O. The molecule has 3 saturated carbocycles. The number of aliphatic hydroxyl groups is 3. The summed E-state index contributed by atoms with van der Waals surface area (Å²) >= 11 is 0. The molecule has 0 aliphatic heterocycles. The molecule has 0 aromatic heterocycles. The first kappa shape index (κ1) is 15.8. The van der Waals surface area contributed by atoms with Gasteiger partial charge < -0.3 is 15.3 Å². The molecule has 0 amide bonds. The molecule has 4 nitrogen and oxygen atoms in total. The molecule has 3 N–H and O–H groups in total. The van der Waals surface area contributed by atoms with Crippen LogP contribution < -0.4 is 0 Å². The molecule has 0 aromatic rings. The largest absolute Gasteiger partial charge is 0.395 e. The highest BCUT2D eigenvalue weighted by atomic mass is 16.3. The lowest BCUT2D eigenvalue weighted by Gasteiger charge is -2.58. The second kappa shape index (κ2) is 5.14. The molecule has 0 unspecified atom stereocenters. The Hall–Kier alpha value is -0.710. The van der Waals surface area contributed by atoms with Gasteiger partial charge >= 0.3 is 0 Å². The normalized spacial score (nSPS) is 52.4. The van der Waals surface area contributed by atoms with Crippen LogP contribution in [0.5, 0.6) is 0 Å². The Labute approximate surface area is 137 Å². The van der Waals surface area contributed by atoms with E-state index in [-0.39, 0.29) is 29.1 Å². The number of ketones is 1. The monoisotopic (exact) mass is 320 g/mol. The topological polar surface area (TPSA) is 77.8 Å². The molecule has 128 valence electrons. The van der Waals surface area contributed by atoms with Gasteiger partial charge in [-0.3, -0.25) is 4.79 Å². The van der Waals surface area contributed by atoms with Crippen LogP contribution in [0.2, 0.25) is 0 Å². The van der Waals surface area contributed by atoms with E-state index in [2.05, 4.69) is 6.92 Å². The van der Waals surface area contributed by atoms with Crippen LogP contribution in [-0.4, -0.2) is 39.9 Å². The first-order valence-corrected chi connectivity index (χ1v) is 9.13. The Kier molecular flexibility index (Phi) is 3.53. The number of carbonyl (C=O) groups excluding carboxylic acids is 1. The highest BCUT2D eigenvalue weighted by Crippen LogP contribution is 2.65. The molecule has 4 aliphatic rings. The quantitative estimate of drug-likeness (QED) is 0.689. The molecule has 0 aromatic carbocycles. The summed E-state index contributed by atoms with van der Waals surface area (Å²) in [4.78, 5) is 11.8. The summed E-state index contributed by atoms with van der Waals surface area (Å²) in [5, 5.41) is 31.3. The third-order valence-corrected chi connectivity index (χ3v) is 7.91. The van der Waals surface area contributed by atoms with Gasteiger partial charge in [-0.1, -0.05) is 12.5 Å². The van der Waals surface area contributed by atoms with Crippen molar-refractivity contribution in [3.05, 3.63) is 11.6 Å². The summed E-state index contributed by atoms with van der Waals surface area (Å²) in [6.45, 7) is 2.24. The summed E-state index contributed by atoms with van der Waals surface area (Å²) in [6, 6.07) is 0. The Bertz CT molecular complexity index is 556. The van der Waals surface area contributed by atoms with Crippen molar-refractivity contribution < 1.29 is 20.1 Å². The van der Waals surface area contributed by atoms with Gasteiger partial charge in [0.05, 0.1) is 18.8 Å². The Balaban J connectivity index is 1.73. The van der Waals surface area contributed by atoms with Crippen molar-refractivity contribution in [1.29, 1.82) is 0 Å². The molecule has 0 heterocycles. The van der Waals surface area contributed by atoms with Gasteiger partial charge in [-0.25, -0.2) is 0 Å². The highest BCUT2D eigenvalue weighted by molar-refractivity contribution is 5.91. The fourth-order valence-electron chi connectivity index (χ4n) is 6.69. The van der Waals surface area contributed by atoms with Gasteiger partial charge in [-0.2, -0.15) is 0 Å². The van der Waals surface area contributed by atoms with Crippen LogP contribution >= 0.6 is 0 Å². The van der Waals surface area contributed by atoms with E-state index in [4.69, 9.17) is 0 Å². The lowest BCUT2D eigenvalue weighted by Crippen LogP contribution is -2.54. The number of hydrogen-bond donors (Lipinski definition) is 3. The van der Waals surface area contributed by atoms with Crippen molar-refractivity contribution in [1.82, 2.24) is 0 Å². The maximum absolute atomic E-state index is 11.8. The van der Waals surface area contributed by atoms with E-state index in [9.17, 15) is 20.1 Å². The van der Waals surface area contributed by atoms with Crippen molar-refractivity contribution in [2.45, 2.75) is 64.1 Å². The van der Waals surface area contributed by atoms with E-state index in [0.29, 0.717) is 24.7 Å². The van der Waals surface area contributed by atoms with Gasteiger partial charge in [0.2, 0.25) is 0 Å². The van der Waals surface area contributed by atoms with E-state index >= 15 is 0 Å². The van der Waals surface area contributed by atoms with Crippen LogP contribution in [0, 0.1) is 28.6 Å². The molecule has 23 heavy (non-hydrogen) atoms. The van der Waals surface area contributed by atoms with Crippen LogP contribution in [0.4, 0.5) is 0 Å². The van der Waals surface area contributed by atoms with Crippen LogP contribution in [0.25, 0.3) is 0 Å². The molecule has 7 atom stereocenters. The Morgan fingerprint density at radius 3 is 2.74 bits per heavy atom. The zero-order chi connectivity index (χ0) is 16.4. The second-order valence-electron chi connectivity index (χ2n) is 8.65. The fraction of sp³-hybridized carbons (Fsp3) is 0.842. The second-order valence-corrected chi connectivity index (χ2v) is 8.65. The van der Waals surface area contributed by atoms with Gasteiger partial charge in [0.15, 0.2) is 5.78 Å². The molecule has 4 aliphatic carbocycles. The van der Waals surface area contributed by atoms with Crippen LogP contribution in [0.1, 0.15) is 51.9 Å². The number of rotatable bonds is 1. The Morgan fingerprint density at radius 1 is 1.22 bits per heavy atom. The van der Waals surface area contributed by atoms with E-state index in [1.807, 2.05) is 0 Å².